The molecule has 1 heterocycles. The molecule has 1 N–H and O–H groups in total. The standard InChI is InChI=1S/C13H14N2O3S/c1-14-9(12(17)15(2)13(14)19)6-8-4-5-10(16)11(7-8)18-3/h4-7,16H,1-3H3. The van der Waals surface area contributed by atoms with Gasteiger partial charge in [-0.3, -0.25) is 9.69 Å². The van der Waals surface area contributed by atoms with E-state index in [4.69, 9.17) is 17.0 Å². The molecule has 0 unspecified atom stereocenters. The summed E-state index contributed by atoms with van der Waals surface area (Å²) in [6.07, 6.45) is 1.71. The smallest absolute Gasteiger partial charge is 0.276 e. The Morgan fingerprint density at radius 1 is 1.32 bits per heavy atom. The third-order valence-electron chi connectivity index (χ3n) is 2.97. The van der Waals surface area contributed by atoms with Crippen LogP contribution in [0.4, 0.5) is 0 Å². The molecule has 2 rings (SSSR count). The lowest BCUT2D eigenvalue weighted by molar-refractivity contribution is -0.121. The zero-order valence-electron chi connectivity index (χ0n) is 10.9. The fourth-order valence-electron chi connectivity index (χ4n) is 1.83. The molecule has 1 aromatic rings. The number of amides is 1. The molecule has 1 aromatic carbocycles. The number of rotatable bonds is 2. The van der Waals surface area contributed by atoms with Crippen molar-refractivity contribution in [2.45, 2.75) is 0 Å². The molecule has 5 nitrogen and oxygen atoms in total. The first-order chi connectivity index (χ1) is 8.95. The number of methoxy groups -OCH3 is 1. The largest absolute Gasteiger partial charge is 0.504 e. The van der Waals surface area contributed by atoms with Crippen LogP contribution >= 0.6 is 12.2 Å². The van der Waals surface area contributed by atoms with E-state index in [-0.39, 0.29) is 11.7 Å². The summed E-state index contributed by atoms with van der Waals surface area (Å²) in [5, 5.41) is 9.99. The van der Waals surface area contributed by atoms with Crippen molar-refractivity contribution in [2.24, 2.45) is 0 Å². The number of benzene rings is 1. The predicted octanol–water partition coefficient (Wildman–Crippen LogP) is 1.43. The molecular weight excluding hydrogens is 264 g/mol. The second kappa shape index (κ2) is 4.89. The number of likely N-dealkylation sites (N-methyl/N-ethyl adjacent to an activating group) is 2. The van der Waals surface area contributed by atoms with Crippen LogP contribution in [-0.2, 0) is 4.79 Å². The van der Waals surface area contributed by atoms with E-state index in [1.165, 1.54) is 18.1 Å². The van der Waals surface area contributed by atoms with E-state index in [1.807, 2.05) is 0 Å². The maximum absolute atomic E-state index is 12.0. The van der Waals surface area contributed by atoms with Crippen molar-refractivity contribution >= 4 is 29.3 Å². The minimum absolute atomic E-state index is 0.0587. The molecule has 0 atom stereocenters. The number of phenols is 1. The third-order valence-corrected chi connectivity index (χ3v) is 3.51. The zero-order chi connectivity index (χ0) is 14.2. The molecule has 0 bridgehead atoms. The van der Waals surface area contributed by atoms with Crippen molar-refractivity contribution in [3.63, 3.8) is 0 Å². The molecule has 1 amide bonds. The Morgan fingerprint density at radius 3 is 2.53 bits per heavy atom. The molecule has 1 saturated heterocycles. The molecule has 1 aliphatic heterocycles. The summed E-state index contributed by atoms with van der Waals surface area (Å²) >= 11 is 5.13. The number of thiocarbonyl (C=S) groups is 1. The predicted molar refractivity (Wildman–Crippen MR) is 75.8 cm³/mol. The van der Waals surface area contributed by atoms with Gasteiger partial charge >= 0.3 is 0 Å². The Labute approximate surface area is 116 Å². The van der Waals surface area contributed by atoms with E-state index in [1.54, 1.807) is 37.2 Å². The highest BCUT2D eigenvalue weighted by molar-refractivity contribution is 7.80. The van der Waals surface area contributed by atoms with Gasteiger partial charge in [-0.05, 0) is 36.0 Å². The van der Waals surface area contributed by atoms with Crippen molar-refractivity contribution < 1.29 is 14.6 Å². The van der Waals surface area contributed by atoms with Gasteiger partial charge in [-0.2, -0.15) is 0 Å². The molecule has 1 fully saturated rings. The number of carbonyl (C=O) groups excluding carboxylic acids is 1. The van der Waals surface area contributed by atoms with Crippen molar-refractivity contribution in [1.29, 1.82) is 0 Å². The molecule has 0 spiro atoms. The van der Waals surface area contributed by atoms with Gasteiger partial charge in [-0.1, -0.05) is 6.07 Å². The van der Waals surface area contributed by atoms with Gasteiger partial charge in [0.1, 0.15) is 5.70 Å². The van der Waals surface area contributed by atoms with Gasteiger partial charge in [-0.25, -0.2) is 0 Å². The highest BCUT2D eigenvalue weighted by atomic mass is 32.1. The van der Waals surface area contributed by atoms with Gasteiger partial charge < -0.3 is 14.7 Å². The number of carbonyl (C=O) groups is 1. The van der Waals surface area contributed by atoms with E-state index < -0.39 is 0 Å². The maximum atomic E-state index is 12.0. The first kappa shape index (κ1) is 13.4. The highest BCUT2D eigenvalue weighted by Crippen LogP contribution is 2.28. The Hall–Kier alpha value is -2.08. The monoisotopic (exact) mass is 278 g/mol. The van der Waals surface area contributed by atoms with E-state index in [9.17, 15) is 9.90 Å². The maximum Gasteiger partial charge on any atom is 0.276 e. The van der Waals surface area contributed by atoms with Crippen molar-refractivity contribution in [3.8, 4) is 11.5 Å². The van der Waals surface area contributed by atoms with Gasteiger partial charge in [0.2, 0.25) is 0 Å². The summed E-state index contributed by atoms with van der Waals surface area (Å²) in [4.78, 5) is 15.1. The van der Waals surface area contributed by atoms with Crippen molar-refractivity contribution in [3.05, 3.63) is 29.5 Å². The normalized spacial score (nSPS) is 17.5. The van der Waals surface area contributed by atoms with Gasteiger partial charge in [0, 0.05) is 14.1 Å². The molecule has 1 aliphatic rings. The summed E-state index contributed by atoms with van der Waals surface area (Å²) in [7, 11) is 4.86. The second-order valence-corrected chi connectivity index (χ2v) is 4.53. The molecule has 100 valence electrons. The summed E-state index contributed by atoms with van der Waals surface area (Å²) in [5.41, 5.74) is 1.24. The lowest BCUT2D eigenvalue weighted by Gasteiger charge is -2.11. The van der Waals surface area contributed by atoms with E-state index in [2.05, 4.69) is 0 Å². The van der Waals surface area contributed by atoms with Crippen LogP contribution in [0, 0.1) is 0 Å². The second-order valence-electron chi connectivity index (χ2n) is 4.17. The average Bonchev–Trinajstić information content (AvgIpc) is 2.58. The van der Waals surface area contributed by atoms with Gasteiger partial charge in [-0.15, -0.1) is 0 Å². The van der Waals surface area contributed by atoms with Crippen LogP contribution in [0.25, 0.3) is 6.08 Å². The van der Waals surface area contributed by atoms with Crippen LogP contribution in [0.15, 0.2) is 23.9 Å². The van der Waals surface area contributed by atoms with Crippen molar-refractivity contribution in [2.75, 3.05) is 21.2 Å². The summed E-state index contributed by atoms with van der Waals surface area (Å²) < 4.78 is 5.03. The Balaban J connectivity index is 2.41. The number of phenolic OH excluding ortho intramolecular Hbond substituents is 1. The molecule has 0 radical (unpaired) electrons. The van der Waals surface area contributed by atoms with E-state index in [0.29, 0.717) is 16.6 Å². The minimum atomic E-state index is -0.153. The lowest BCUT2D eigenvalue weighted by Crippen LogP contribution is -2.26. The Morgan fingerprint density at radius 2 is 2.00 bits per heavy atom. The average molecular weight is 278 g/mol. The highest BCUT2D eigenvalue weighted by Gasteiger charge is 2.32. The SMILES string of the molecule is COc1cc(C=C2C(=O)N(C)C(=S)N2C)ccc1O. The summed E-state index contributed by atoms with van der Waals surface area (Å²) in [5.74, 6) is 0.265. The molecule has 0 aliphatic carbocycles. The Kier molecular flexibility index (Phi) is 3.44. The summed E-state index contributed by atoms with van der Waals surface area (Å²) in [6.45, 7) is 0. The van der Waals surface area contributed by atoms with Crippen LogP contribution in [0.2, 0.25) is 0 Å². The summed E-state index contributed by atoms with van der Waals surface area (Å²) in [6, 6.07) is 4.88. The molecule has 6 heteroatoms. The van der Waals surface area contributed by atoms with Crippen LogP contribution < -0.4 is 4.74 Å². The van der Waals surface area contributed by atoms with Gasteiger partial charge in [0.25, 0.3) is 5.91 Å². The number of ether oxygens (including phenoxy) is 1. The molecule has 0 saturated carbocycles. The lowest BCUT2D eigenvalue weighted by atomic mass is 10.1. The first-order valence-corrected chi connectivity index (χ1v) is 6.01. The quantitative estimate of drug-likeness (QED) is 0.655. The number of nitrogens with zero attached hydrogens (tertiary/aromatic N) is 2. The number of hydrogen-bond donors (Lipinski definition) is 1. The first-order valence-electron chi connectivity index (χ1n) is 5.60. The van der Waals surface area contributed by atoms with Crippen LogP contribution in [0.5, 0.6) is 11.5 Å². The van der Waals surface area contributed by atoms with Crippen molar-refractivity contribution in [1.82, 2.24) is 9.80 Å². The van der Waals surface area contributed by atoms with Gasteiger partial charge in [0.05, 0.1) is 7.11 Å². The van der Waals surface area contributed by atoms with Crippen LogP contribution in [0.3, 0.4) is 0 Å². The topological polar surface area (TPSA) is 53.0 Å². The molecular formula is C13H14N2O3S. The minimum Gasteiger partial charge on any atom is -0.504 e. The van der Waals surface area contributed by atoms with Crippen LogP contribution in [0.1, 0.15) is 5.56 Å². The van der Waals surface area contributed by atoms with Gasteiger partial charge in [0.15, 0.2) is 16.6 Å². The van der Waals surface area contributed by atoms with Crippen LogP contribution in [-0.4, -0.2) is 47.1 Å². The third kappa shape index (κ3) is 2.26. The number of hydrogen-bond acceptors (Lipinski definition) is 4. The molecule has 0 aromatic heterocycles. The van der Waals surface area contributed by atoms with E-state index in [0.717, 1.165) is 5.56 Å². The molecule has 19 heavy (non-hydrogen) atoms. The number of aromatic hydroxyl groups is 1. The zero-order valence-corrected chi connectivity index (χ0v) is 11.7. The van der Waals surface area contributed by atoms with E-state index >= 15 is 0 Å². The Bertz CT molecular complexity index is 583. The fourth-order valence-corrected chi connectivity index (χ4v) is 2.01. The fraction of sp³-hybridized carbons (Fsp3) is 0.231.